The average Bonchev–Trinajstić information content (AvgIpc) is 2.60. The first kappa shape index (κ1) is 14.2. The van der Waals surface area contributed by atoms with Crippen LogP contribution in [0.4, 0.5) is 0 Å². The molecule has 23 heavy (non-hydrogen) atoms. The second-order valence-corrected chi connectivity index (χ2v) is 6.58. The van der Waals surface area contributed by atoms with Gasteiger partial charge in [-0.2, -0.15) is 0 Å². The average molecular weight is 299 g/mol. The van der Waals surface area contributed by atoms with Gasteiger partial charge in [0.05, 0.1) is 0 Å². The van der Waals surface area contributed by atoms with Crippen LogP contribution in [0.2, 0.25) is 0 Å². The Balaban J connectivity index is 1.61. The maximum atomic E-state index is 4.54. The van der Waals surface area contributed by atoms with Crippen molar-refractivity contribution in [3.8, 4) is 11.1 Å². The molecule has 1 aliphatic carbocycles. The fraction of sp³-hybridized carbons (Fsp3) is 0.227. The van der Waals surface area contributed by atoms with Crippen molar-refractivity contribution in [2.45, 2.75) is 31.1 Å². The van der Waals surface area contributed by atoms with Gasteiger partial charge in [0.25, 0.3) is 0 Å². The molecule has 0 spiro atoms. The summed E-state index contributed by atoms with van der Waals surface area (Å²) in [5.74, 6) is 0. The summed E-state index contributed by atoms with van der Waals surface area (Å²) < 4.78 is 0. The molecule has 0 amide bonds. The summed E-state index contributed by atoms with van der Waals surface area (Å²) >= 11 is 0. The Morgan fingerprint density at radius 1 is 0.739 bits per heavy atom. The van der Waals surface area contributed by atoms with Gasteiger partial charge >= 0.3 is 0 Å². The van der Waals surface area contributed by atoms with E-state index >= 15 is 0 Å². The van der Waals surface area contributed by atoms with Crippen molar-refractivity contribution < 1.29 is 0 Å². The van der Waals surface area contributed by atoms with Crippen molar-refractivity contribution in [1.29, 1.82) is 0 Å². The van der Waals surface area contributed by atoms with Crippen LogP contribution in [0.5, 0.6) is 0 Å². The molecule has 0 aliphatic heterocycles. The highest BCUT2D eigenvalue weighted by Crippen LogP contribution is 2.46. The first-order valence-electron chi connectivity index (χ1n) is 8.42. The van der Waals surface area contributed by atoms with Gasteiger partial charge in [0.15, 0.2) is 0 Å². The number of pyridine rings is 1. The van der Waals surface area contributed by atoms with E-state index in [1.807, 2.05) is 12.3 Å². The van der Waals surface area contributed by atoms with Crippen LogP contribution < -0.4 is 0 Å². The van der Waals surface area contributed by atoms with Crippen LogP contribution in [0, 0.1) is 0 Å². The second kappa shape index (κ2) is 6.00. The van der Waals surface area contributed by atoms with Crippen molar-refractivity contribution in [2.24, 2.45) is 0 Å². The molecule has 1 saturated carbocycles. The maximum absolute atomic E-state index is 4.54. The van der Waals surface area contributed by atoms with Crippen molar-refractivity contribution in [1.82, 2.24) is 4.98 Å². The van der Waals surface area contributed by atoms with Gasteiger partial charge in [0.1, 0.15) is 0 Å². The predicted molar refractivity (Wildman–Crippen MR) is 95.3 cm³/mol. The third-order valence-electron chi connectivity index (χ3n) is 5.16. The minimum absolute atomic E-state index is 0.295. The van der Waals surface area contributed by atoms with Crippen LogP contribution in [-0.2, 0) is 11.8 Å². The molecular formula is C22H21N. The first-order valence-corrected chi connectivity index (χ1v) is 8.42. The maximum Gasteiger partial charge on any atom is 0.0412 e. The van der Waals surface area contributed by atoms with E-state index in [-0.39, 0.29) is 0 Å². The predicted octanol–water partition coefficient (Wildman–Crippen LogP) is 5.41. The molecule has 1 aromatic heterocycles. The smallest absolute Gasteiger partial charge is 0.0412 e. The number of aromatic nitrogens is 1. The van der Waals surface area contributed by atoms with Gasteiger partial charge in [-0.05, 0) is 48.1 Å². The lowest BCUT2D eigenvalue weighted by atomic mass is 9.62. The van der Waals surface area contributed by atoms with Crippen molar-refractivity contribution in [3.05, 3.63) is 90.3 Å². The lowest BCUT2D eigenvalue weighted by Crippen LogP contribution is -2.36. The van der Waals surface area contributed by atoms with Crippen molar-refractivity contribution >= 4 is 0 Å². The number of hydrogen-bond acceptors (Lipinski definition) is 1. The van der Waals surface area contributed by atoms with Gasteiger partial charge in [-0.1, -0.05) is 67.1 Å². The summed E-state index contributed by atoms with van der Waals surface area (Å²) in [5, 5.41) is 0. The molecule has 4 rings (SSSR count). The molecule has 1 nitrogen and oxygen atoms in total. The molecule has 1 heterocycles. The molecule has 0 radical (unpaired) electrons. The molecule has 1 aliphatic rings. The van der Waals surface area contributed by atoms with Crippen LogP contribution >= 0.6 is 0 Å². The lowest BCUT2D eigenvalue weighted by Gasteiger charge is -2.42. The Bertz CT molecular complexity index is 756. The third kappa shape index (κ3) is 2.79. The molecular weight excluding hydrogens is 278 g/mol. The Morgan fingerprint density at radius 2 is 1.43 bits per heavy atom. The monoisotopic (exact) mass is 299 g/mol. The molecule has 0 unspecified atom stereocenters. The summed E-state index contributed by atoms with van der Waals surface area (Å²) in [6, 6.07) is 26.0. The molecule has 3 aromatic rings. The summed E-state index contributed by atoms with van der Waals surface area (Å²) in [6.45, 7) is 0. The van der Waals surface area contributed by atoms with E-state index in [1.54, 1.807) is 0 Å². The van der Waals surface area contributed by atoms with Crippen LogP contribution in [0.1, 0.15) is 30.5 Å². The molecule has 114 valence electrons. The molecule has 2 aromatic carbocycles. The normalized spacial score (nSPS) is 15.8. The number of nitrogens with zero attached hydrogens (tertiary/aromatic N) is 1. The highest BCUT2D eigenvalue weighted by atomic mass is 14.7. The molecule has 0 atom stereocenters. The van der Waals surface area contributed by atoms with Gasteiger partial charge in [0.2, 0.25) is 0 Å². The van der Waals surface area contributed by atoms with E-state index in [9.17, 15) is 0 Å². The zero-order chi connectivity index (χ0) is 15.5. The number of hydrogen-bond donors (Lipinski definition) is 0. The molecule has 0 saturated heterocycles. The third-order valence-corrected chi connectivity index (χ3v) is 5.16. The fourth-order valence-corrected chi connectivity index (χ4v) is 3.67. The van der Waals surface area contributed by atoms with Gasteiger partial charge in [-0.15, -0.1) is 0 Å². The standard InChI is InChI=1S/C22H21N/c1-2-7-18(8-3-1)19-10-12-20(13-11-19)22(14-6-15-22)17-21-9-4-5-16-23-21/h1-5,7-13,16H,6,14-15,17H2. The van der Waals surface area contributed by atoms with Crippen LogP contribution in [-0.4, -0.2) is 4.98 Å². The highest BCUT2D eigenvalue weighted by molar-refractivity contribution is 5.63. The summed E-state index contributed by atoms with van der Waals surface area (Å²) in [4.78, 5) is 4.54. The van der Waals surface area contributed by atoms with Gasteiger partial charge in [-0.25, -0.2) is 0 Å². The van der Waals surface area contributed by atoms with Crippen LogP contribution in [0.3, 0.4) is 0 Å². The zero-order valence-corrected chi connectivity index (χ0v) is 13.3. The quantitative estimate of drug-likeness (QED) is 0.627. The molecule has 0 N–H and O–H groups in total. The van der Waals surface area contributed by atoms with E-state index < -0.39 is 0 Å². The van der Waals surface area contributed by atoms with E-state index in [2.05, 4.69) is 71.7 Å². The SMILES string of the molecule is c1ccc(-c2ccc(C3(Cc4ccccn4)CCC3)cc2)cc1. The minimum atomic E-state index is 0.295. The molecule has 0 bridgehead atoms. The zero-order valence-electron chi connectivity index (χ0n) is 13.3. The van der Waals surface area contributed by atoms with Crippen LogP contribution in [0.15, 0.2) is 79.0 Å². The summed E-state index contributed by atoms with van der Waals surface area (Å²) in [5.41, 5.74) is 5.55. The molecule has 1 fully saturated rings. The van der Waals surface area contributed by atoms with E-state index in [1.165, 1.54) is 41.6 Å². The van der Waals surface area contributed by atoms with E-state index in [4.69, 9.17) is 0 Å². The van der Waals surface area contributed by atoms with Gasteiger partial charge < -0.3 is 0 Å². The Kier molecular flexibility index (Phi) is 3.70. The number of rotatable bonds is 4. The minimum Gasteiger partial charge on any atom is -0.261 e. The Labute approximate surface area is 138 Å². The number of benzene rings is 2. The van der Waals surface area contributed by atoms with Gasteiger partial charge in [-0.3, -0.25) is 4.98 Å². The topological polar surface area (TPSA) is 12.9 Å². The summed E-state index contributed by atoms with van der Waals surface area (Å²) in [7, 11) is 0. The van der Waals surface area contributed by atoms with Crippen molar-refractivity contribution in [3.63, 3.8) is 0 Å². The van der Waals surface area contributed by atoms with E-state index in [0.29, 0.717) is 5.41 Å². The van der Waals surface area contributed by atoms with E-state index in [0.717, 1.165) is 6.42 Å². The molecule has 1 heteroatoms. The fourth-order valence-electron chi connectivity index (χ4n) is 3.67. The summed E-state index contributed by atoms with van der Waals surface area (Å²) in [6.07, 6.45) is 6.83. The Hall–Kier alpha value is -2.41. The lowest BCUT2D eigenvalue weighted by molar-refractivity contribution is 0.240. The Morgan fingerprint density at radius 3 is 2.04 bits per heavy atom. The second-order valence-electron chi connectivity index (χ2n) is 6.58. The van der Waals surface area contributed by atoms with Gasteiger partial charge in [0, 0.05) is 17.3 Å². The van der Waals surface area contributed by atoms with Crippen molar-refractivity contribution in [2.75, 3.05) is 0 Å². The largest absolute Gasteiger partial charge is 0.261 e. The first-order chi connectivity index (χ1) is 11.4. The van der Waals surface area contributed by atoms with Crippen LogP contribution in [0.25, 0.3) is 11.1 Å². The highest BCUT2D eigenvalue weighted by Gasteiger charge is 2.38.